The average Bonchev–Trinajstić information content (AvgIpc) is 2.60. The lowest BCUT2D eigenvalue weighted by molar-refractivity contribution is -0.384. The number of hydrogen-bond donors (Lipinski definition) is 3. The van der Waals surface area contributed by atoms with E-state index in [1.165, 1.54) is 12.1 Å². The molecule has 0 aliphatic rings. The number of benzene rings is 2. The molecule has 0 spiro atoms. The SMILES string of the molecule is CCCS(=O)(=O)Nc1cc([N+](=O)[O-])ccc1NC(=O)Nc1cccc(Cl)c1Cl. The summed E-state index contributed by atoms with van der Waals surface area (Å²) in [6.45, 7) is 1.67. The van der Waals surface area contributed by atoms with Gasteiger partial charge in [0.1, 0.15) is 0 Å². The van der Waals surface area contributed by atoms with Crippen LogP contribution in [0.4, 0.5) is 27.5 Å². The minimum atomic E-state index is -3.74. The van der Waals surface area contributed by atoms with Crippen molar-refractivity contribution in [3.63, 3.8) is 0 Å². The van der Waals surface area contributed by atoms with Crippen LogP contribution in [0.25, 0.3) is 0 Å². The van der Waals surface area contributed by atoms with Gasteiger partial charge in [0.2, 0.25) is 10.0 Å². The number of non-ortho nitro benzene ring substituents is 1. The van der Waals surface area contributed by atoms with Gasteiger partial charge in [0, 0.05) is 12.1 Å². The highest BCUT2D eigenvalue weighted by Crippen LogP contribution is 2.31. The summed E-state index contributed by atoms with van der Waals surface area (Å²) >= 11 is 11.9. The Morgan fingerprint density at radius 2 is 1.79 bits per heavy atom. The lowest BCUT2D eigenvalue weighted by atomic mass is 10.2. The Balaban J connectivity index is 2.29. The Kier molecular flexibility index (Phi) is 7.05. The molecule has 0 aliphatic carbocycles. The third-order valence-electron chi connectivity index (χ3n) is 3.40. The normalized spacial score (nSPS) is 11.0. The number of nitro groups is 1. The fourth-order valence-electron chi connectivity index (χ4n) is 2.20. The van der Waals surface area contributed by atoms with Crippen molar-refractivity contribution >= 4 is 62.0 Å². The molecule has 150 valence electrons. The summed E-state index contributed by atoms with van der Waals surface area (Å²) in [7, 11) is -3.74. The van der Waals surface area contributed by atoms with Gasteiger partial charge in [-0.2, -0.15) is 0 Å². The molecule has 0 aliphatic heterocycles. The number of urea groups is 1. The number of carbonyl (C=O) groups excluding carboxylic acids is 1. The molecule has 9 nitrogen and oxygen atoms in total. The molecule has 0 saturated heterocycles. The van der Waals surface area contributed by atoms with E-state index in [9.17, 15) is 23.3 Å². The van der Waals surface area contributed by atoms with Gasteiger partial charge in [-0.15, -0.1) is 0 Å². The predicted octanol–water partition coefficient (Wildman–Crippen LogP) is 4.70. The van der Waals surface area contributed by atoms with Gasteiger partial charge in [-0.3, -0.25) is 14.8 Å². The van der Waals surface area contributed by atoms with E-state index in [0.717, 1.165) is 12.1 Å². The fourth-order valence-corrected chi connectivity index (χ4v) is 3.69. The summed E-state index contributed by atoms with van der Waals surface area (Å²) in [5, 5.41) is 16.3. The first-order chi connectivity index (χ1) is 13.1. The van der Waals surface area contributed by atoms with Crippen LogP contribution in [0.15, 0.2) is 36.4 Å². The Labute approximate surface area is 171 Å². The molecule has 0 fully saturated rings. The quantitative estimate of drug-likeness (QED) is 0.419. The zero-order chi connectivity index (χ0) is 20.9. The lowest BCUT2D eigenvalue weighted by Crippen LogP contribution is -2.22. The van der Waals surface area contributed by atoms with E-state index < -0.39 is 21.0 Å². The standard InChI is InChI=1S/C16H16Cl2N4O5S/c1-2-8-28(26,27)21-14-9-10(22(24)25)6-7-12(14)19-16(23)20-13-5-3-4-11(17)15(13)18/h3-7,9,21H,2,8H2,1H3,(H2,19,20,23). The van der Waals surface area contributed by atoms with E-state index in [0.29, 0.717) is 6.42 Å². The van der Waals surface area contributed by atoms with Crippen molar-refractivity contribution in [3.05, 3.63) is 56.6 Å². The van der Waals surface area contributed by atoms with Gasteiger partial charge < -0.3 is 10.6 Å². The van der Waals surface area contributed by atoms with Crippen molar-refractivity contribution < 1.29 is 18.1 Å². The third-order valence-corrected chi connectivity index (χ3v) is 5.70. The van der Waals surface area contributed by atoms with E-state index in [4.69, 9.17) is 23.2 Å². The highest BCUT2D eigenvalue weighted by molar-refractivity contribution is 7.92. The summed E-state index contributed by atoms with van der Waals surface area (Å²) < 4.78 is 26.4. The minimum absolute atomic E-state index is 0.0286. The van der Waals surface area contributed by atoms with E-state index >= 15 is 0 Å². The Morgan fingerprint density at radius 1 is 1.11 bits per heavy atom. The number of anilines is 3. The molecule has 0 radical (unpaired) electrons. The number of amides is 2. The van der Waals surface area contributed by atoms with Crippen molar-refractivity contribution in [2.45, 2.75) is 13.3 Å². The molecule has 28 heavy (non-hydrogen) atoms. The lowest BCUT2D eigenvalue weighted by Gasteiger charge is -2.14. The average molecular weight is 447 g/mol. The van der Waals surface area contributed by atoms with Crippen molar-refractivity contribution in [1.29, 1.82) is 0 Å². The van der Waals surface area contributed by atoms with E-state index in [2.05, 4.69) is 15.4 Å². The molecule has 2 aromatic carbocycles. The topological polar surface area (TPSA) is 130 Å². The number of halogens is 2. The molecule has 0 saturated carbocycles. The molecule has 0 atom stereocenters. The number of nitrogens with one attached hydrogen (secondary N) is 3. The first kappa shape index (κ1) is 21.7. The first-order valence-corrected chi connectivity index (χ1v) is 10.3. The van der Waals surface area contributed by atoms with Crippen LogP contribution < -0.4 is 15.4 Å². The summed E-state index contributed by atoms with van der Waals surface area (Å²) in [6, 6.07) is 7.29. The van der Waals surface area contributed by atoms with Gasteiger partial charge in [0.25, 0.3) is 5.69 Å². The maximum absolute atomic E-state index is 12.3. The molecule has 0 aromatic heterocycles. The Bertz CT molecular complexity index is 1010. The molecule has 0 bridgehead atoms. The number of sulfonamides is 1. The van der Waals surface area contributed by atoms with Crippen LogP contribution in [0.5, 0.6) is 0 Å². The summed E-state index contributed by atoms with van der Waals surface area (Å²) in [4.78, 5) is 22.6. The van der Waals surface area contributed by atoms with Crippen LogP contribution in [0.1, 0.15) is 13.3 Å². The van der Waals surface area contributed by atoms with E-state index in [-0.39, 0.29) is 38.5 Å². The number of rotatable bonds is 7. The number of nitro benzene ring substituents is 1. The fraction of sp³-hybridized carbons (Fsp3) is 0.188. The molecular formula is C16H16Cl2N4O5S. The van der Waals surface area contributed by atoms with Crippen LogP contribution in [0.2, 0.25) is 10.0 Å². The van der Waals surface area contributed by atoms with Gasteiger partial charge in [-0.25, -0.2) is 13.2 Å². The smallest absolute Gasteiger partial charge is 0.306 e. The van der Waals surface area contributed by atoms with Crippen molar-refractivity contribution in [2.75, 3.05) is 21.1 Å². The van der Waals surface area contributed by atoms with Crippen molar-refractivity contribution in [2.24, 2.45) is 0 Å². The van der Waals surface area contributed by atoms with Crippen LogP contribution in [-0.2, 0) is 10.0 Å². The molecule has 0 unspecified atom stereocenters. The highest BCUT2D eigenvalue weighted by atomic mass is 35.5. The third kappa shape index (κ3) is 5.72. The second-order valence-electron chi connectivity index (χ2n) is 5.59. The van der Waals surface area contributed by atoms with Crippen LogP contribution in [0, 0.1) is 10.1 Å². The van der Waals surface area contributed by atoms with E-state index in [1.54, 1.807) is 19.1 Å². The number of carbonyl (C=O) groups is 1. The first-order valence-electron chi connectivity index (χ1n) is 7.94. The summed E-state index contributed by atoms with van der Waals surface area (Å²) in [6.07, 6.45) is 0.348. The second kappa shape index (κ2) is 9.09. The summed E-state index contributed by atoms with van der Waals surface area (Å²) in [5.74, 6) is -0.181. The summed E-state index contributed by atoms with van der Waals surface area (Å²) in [5.41, 5.74) is -0.198. The minimum Gasteiger partial charge on any atom is -0.306 e. The molecule has 2 rings (SSSR count). The van der Waals surface area contributed by atoms with Crippen LogP contribution in [0.3, 0.4) is 0 Å². The number of nitrogens with zero attached hydrogens (tertiary/aromatic N) is 1. The molecule has 12 heteroatoms. The molecule has 2 amide bonds. The van der Waals surface area contributed by atoms with E-state index in [1.807, 2.05) is 0 Å². The molecule has 2 aromatic rings. The monoisotopic (exact) mass is 446 g/mol. The largest absolute Gasteiger partial charge is 0.323 e. The Morgan fingerprint density at radius 3 is 2.43 bits per heavy atom. The molecular weight excluding hydrogens is 431 g/mol. The maximum Gasteiger partial charge on any atom is 0.323 e. The van der Waals surface area contributed by atoms with Gasteiger partial charge in [-0.05, 0) is 24.6 Å². The van der Waals surface area contributed by atoms with Crippen LogP contribution in [-0.4, -0.2) is 25.1 Å². The zero-order valence-electron chi connectivity index (χ0n) is 14.5. The number of hydrogen-bond acceptors (Lipinski definition) is 5. The van der Waals surface area contributed by atoms with Gasteiger partial charge >= 0.3 is 6.03 Å². The van der Waals surface area contributed by atoms with Gasteiger partial charge in [0.05, 0.1) is 37.8 Å². The predicted molar refractivity (Wildman–Crippen MR) is 110 cm³/mol. The van der Waals surface area contributed by atoms with Crippen molar-refractivity contribution in [1.82, 2.24) is 0 Å². The second-order valence-corrected chi connectivity index (χ2v) is 8.22. The van der Waals surface area contributed by atoms with Gasteiger partial charge in [0.15, 0.2) is 0 Å². The Hall–Kier alpha value is -2.56. The molecule has 0 heterocycles. The van der Waals surface area contributed by atoms with Gasteiger partial charge in [-0.1, -0.05) is 36.2 Å². The van der Waals surface area contributed by atoms with Crippen LogP contribution >= 0.6 is 23.2 Å². The maximum atomic E-state index is 12.3. The molecule has 3 N–H and O–H groups in total. The zero-order valence-corrected chi connectivity index (χ0v) is 16.9. The van der Waals surface area contributed by atoms with Crippen molar-refractivity contribution in [3.8, 4) is 0 Å². The highest BCUT2D eigenvalue weighted by Gasteiger charge is 2.18.